The molecule has 0 saturated carbocycles. The number of rotatable bonds is 2. The van der Waals surface area contributed by atoms with Crippen LogP contribution in [0.2, 0.25) is 0 Å². The Hall–Kier alpha value is -2.44. The van der Waals surface area contributed by atoms with Crippen LogP contribution in [0.1, 0.15) is 56.6 Å². The third kappa shape index (κ3) is 3.20. The average Bonchev–Trinajstić information content (AvgIpc) is 3.10. The molecule has 1 N–H and O–H groups in total. The highest BCUT2D eigenvalue weighted by Gasteiger charge is 2.38. The number of H-pyrrole nitrogens is 1. The first-order chi connectivity index (χ1) is 14.1. The van der Waals surface area contributed by atoms with Crippen molar-refractivity contribution in [3.63, 3.8) is 0 Å². The van der Waals surface area contributed by atoms with Gasteiger partial charge in [0.2, 0.25) is 0 Å². The first kappa shape index (κ1) is 18.6. The normalized spacial score (nSPS) is 24.9. The van der Waals surface area contributed by atoms with E-state index in [0.29, 0.717) is 38.4 Å². The first-order valence-electron chi connectivity index (χ1n) is 10.6. The lowest BCUT2D eigenvalue weighted by molar-refractivity contribution is -0.0770. The van der Waals surface area contributed by atoms with E-state index in [1.165, 1.54) is 5.56 Å². The highest BCUT2D eigenvalue weighted by atomic mass is 16.5. The minimum Gasteiger partial charge on any atom is -0.378 e. The predicted octanol–water partition coefficient (Wildman–Crippen LogP) is 2.74. The topological polar surface area (TPSA) is 65.6 Å². The zero-order valence-corrected chi connectivity index (χ0v) is 16.8. The smallest absolute Gasteiger partial charge is 0.270 e. The summed E-state index contributed by atoms with van der Waals surface area (Å²) < 4.78 is 5.91. The van der Waals surface area contributed by atoms with Crippen molar-refractivity contribution in [2.45, 2.75) is 38.3 Å². The predicted molar refractivity (Wildman–Crippen MR) is 109 cm³/mol. The third-order valence-electron chi connectivity index (χ3n) is 6.64. The number of morpholine rings is 1. The molecule has 1 aromatic carbocycles. The third-order valence-corrected chi connectivity index (χ3v) is 6.64. The lowest BCUT2D eigenvalue weighted by atomic mass is 9.93. The maximum absolute atomic E-state index is 13.3. The van der Waals surface area contributed by atoms with Gasteiger partial charge in [0.25, 0.3) is 5.91 Å². The van der Waals surface area contributed by atoms with Gasteiger partial charge >= 0.3 is 0 Å². The monoisotopic (exact) mass is 393 g/mol. The van der Waals surface area contributed by atoms with Crippen LogP contribution in [0.5, 0.6) is 0 Å². The number of aromatic amines is 1. The summed E-state index contributed by atoms with van der Waals surface area (Å²) in [5, 5.41) is 0. The van der Waals surface area contributed by atoms with Gasteiger partial charge in [0, 0.05) is 37.3 Å². The van der Waals surface area contributed by atoms with Crippen LogP contribution in [0.15, 0.2) is 30.3 Å². The van der Waals surface area contributed by atoms with Crippen molar-refractivity contribution in [2.75, 3.05) is 32.8 Å². The molecule has 1 aliphatic carbocycles. The standard InChI is InChI=1S/C23H27N3O3/c1-15-21-18(8-5-9-20(21)27)24-22(15)23(28)25-10-11-26-17(12-25)13-29-14-19(26)16-6-3-2-4-7-16/h2-4,6-7,17,19,24H,5,8-14H2,1H3/t17-,19-/m1/s1. The highest BCUT2D eigenvalue weighted by molar-refractivity contribution is 6.04. The number of hydrogen-bond donors (Lipinski definition) is 1. The number of carbonyl (C=O) groups excluding carboxylic acids is 2. The number of ketones is 1. The summed E-state index contributed by atoms with van der Waals surface area (Å²) >= 11 is 0. The van der Waals surface area contributed by atoms with Crippen molar-refractivity contribution in [1.82, 2.24) is 14.8 Å². The largest absolute Gasteiger partial charge is 0.378 e. The molecule has 2 saturated heterocycles. The van der Waals surface area contributed by atoms with Gasteiger partial charge in [0.1, 0.15) is 5.69 Å². The Morgan fingerprint density at radius 1 is 1.14 bits per heavy atom. The van der Waals surface area contributed by atoms with Crippen LogP contribution in [0, 0.1) is 6.92 Å². The molecule has 6 nitrogen and oxygen atoms in total. The summed E-state index contributed by atoms with van der Waals surface area (Å²) in [5.41, 5.74) is 4.37. The minimum absolute atomic E-state index is 0.00573. The molecule has 1 amide bonds. The van der Waals surface area contributed by atoms with E-state index in [2.05, 4.69) is 34.1 Å². The Kier molecular flexibility index (Phi) is 4.76. The van der Waals surface area contributed by atoms with Crippen molar-refractivity contribution >= 4 is 11.7 Å². The molecule has 2 atom stereocenters. The Balaban J connectivity index is 1.35. The number of fused-ring (bicyclic) bond motifs is 2. The Labute approximate surface area is 170 Å². The number of piperazine rings is 1. The van der Waals surface area contributed by atoms with E-state index in [4.69, 9.17) is 4.74 Å². The second kappa shape index (κ2) is 7.43. The van der Waals surface area contributed by atoms with E-state index >= 15 is 0 Å². The molecule has 2 aromatic rings. The highest BCUT2D eigenvalue weighted by Crippen LogP contribution is 2.31. The number of nitrogens with zero attached hydrogens (tertiary/aromatic N) is 2. The van der Waals surface area contributed by atoms with Gasteiger partial charge in [-0.3, -0.25) is 14.5 Å². The molecule has 5 rings (SSSR count). The van der Waals surface area contributed by atoms with Crippen LogP contribution in [-0.2, 0) is 11.2 Å². The van der Waals surface area contributed by atoms with Gasteiger partial charge in [0.05, 0.1) is 25.3 Å². The van der Waals surface area contributed by atoms with Crippen molar-refractivity contribution in [3.05, 3.63) is 58.4 Å². The lowest BCUT2D eigenvalue weighted by Crippen LogP contribution is -2.60. The van der Waals surface area contributed by atoms with Crippen molar-refractivity contribution < 1.29 is 14.3 Å². The molecule has 6 heteroatoms. The van der Waals surface area contributed by atoms with Crippen LogP contribution in [0.25, 0.3) is 0 Å². The number of ether oxygens (including phenoxy) is 1. The fourth-order valence-electron chi connectivity index (χ4n) is 5.13. The van der Waals surface area contributed by atoms with Gasteiger partial charge in [0.15, 0.2) is 5.78 Å². The summed E-state index contributed by atoms with van der Waals surface area (Å²) in [6.07, 6.45) is 2.29. The van der Waals surface area contributed by atoms with Crippen LogP contribution in [0.3, 0.4) is 0 Å². The molecule has 0 radical (unpaired) electrons. The van der Waals surface area contributed by atoms with E-state index in [1.807, 2.05) is 17.9 Å². The molecule has 3 heterocycles. The quantitative estimate of drug-likeness (QED) is 0.852. The van der Waals surface area contributed by atoms with Crippen LogP contribution < -0.4 is 0 Å². The van der Waals surface area contributed by atoms with E-state index in [-0.39, 0.29) is 23.8 Å². The summed E-state index contributed by atoms with van der Waals surface area (Å²) in [6.45, 7) is 5.41. The fourth-order valence-corrected chi connectivity index (χ4v) is 5.13. The Bertz CT molecular complexity index is 936. The summed E-state index contributed by atoms with van der Waals surface area (Å²) in [7, 11) is 0. The van der Waals surface area contributed by atoms with Gasteiger partial charge in [-0.2, -0.15) is 0 Å². The van der Waals surface area contributed by atoms with Crippen molar-refractivity contribution in [2.24, 2.45) is 0 Å². The molecule has 3 aliphatic rings. The van der Waals surface area contributed by atoms with Gasteiger partial charge in [-0.25, -0.2) is 0 Å². The summed E-state index contributed by atoms with van der Waals surface area (Å²) in [5.74, 6) is 0.168. The van der Waals surface area contributed by atoms with Crippen molar-refractivity contribution in [1.29, 1.82) is 0 Å². The van der Waals surface area contributed by atoms with Gasteiger partial charge < -0.3 is 14.6 Å². The van der Waals surface area contributed by atoms with E-state index < -0.39 is 0 Å². The number of Topliss-reactive ketones (excluding diaryl/α,β-unsaturated/α-hetero) is 1. The maximum atomic E-state index is 13.3. The molecule has 152 valence electrons. The summed E-state index contributed by atoms with van der Waals surface area (Å²) in [6, 6.07) is 10.9. The molecular weight excluding hydrogens is 366 g/mol. The van der Waals surface area contributed by atoms with E-state index in [1.54, 1.807) is 0 Å². The second-order valence-corrected chi connectivity index (χ2v) is 8.36. The number of carbonyl (C=O) groups is 2. The number of benzene rings is 1. The fraction of sp³-hybridized carbons (Fsp3) is 0.478. The molecule has 29 heavy (non-hydrogen) atoms. The second-order valence-electron chi connectivity index (χ2n) is 8.36. The molecule has 0 unspecified atom stereocenters. The molecule has 0 bridgehead atoms. The number of nitrogens with one attached hydrogen (secondary N) is 1. The van der Waals surface area contributed by atoms with Crippen LogP contribution in [0.4, 0.5) is 0 Å². The van der Waals surface area contributed by atoms with Gasteiger partial charge in [-0.05, 0) is 30.9 Å². The molecule has 2 fully saturated rings. The average molecular weight is 393 g/mol. The number of amides is 1. The number of aromatic nitrogens is 1. The Morgan fingerprint density at radius 3 is 2.76 bits per heavy atom. The zero-order valence-electron chi connectivity index (χ0n) is 16.8. The first-order valence-corrected chi connectivity index (χ1v) is 10.6. The molecular formula is C23H27N3O3. The molecule has 2 aliphatic heterocycles. The SMILES string of the molecule is Cc1c(C(=O)N2CCN3[C@@H](COC[C@@H]3c3ccccc3)C2)[nH]c2c1C(=O)CCC2. The van der Waals surface area contributed by atoms with Crippen LogP contribution >= 0.6 is 0 Å². The maximum Gasteiger partial charge on any atom is 0.270 e. The van der Waals surface area contributed by atoms with E-state index in [9.17, 15) is 9.59 Å². The molecule has 1 aromatic heterocycles. The molecule has 0 spiro atoms. The van der Waals surface area contributed by atoms with Crippen LogP contribution in [-0.4, -0.2) is 65.4 Å². The Morgan fingerprint density at radius 2 is 1.97 bits per heavy atom. The minimum atomic E-state index is 0.00573. The van der Waals surface area contributed by atoms with Gasteiger partial charge in [-0.15, -0.1) is 0 Å². The van der Waals surface area contributed by atoms with Gasteiger partial charge in [-0.1, -0.05) is 30.3 Å². The van der Waals surface area contributed by atoms with E-state index in [0.717, 1.165) is 36.2 Å². The number of hydrogen-bond acceptors (Lipinski definition) is 4. The summed E-state index contributed by atoms with van der Waals surface area (Å²) in [4.78, 5) is 33.3. The number of aryl methyl sites for hydroxylation is 1. The zero-order chi connectivity index (χ0) is 20.0. The van der Waals surface area contributed by atoms with Crippen molar-refractivity contribution in [3.8, 4) is 0 Å². The lowest BCUT2D eigenvalue weighted by Gasteiger charge is -2.48.